The minimum Gasteiger partial charge on any atom is -0.393 e. The summed E-state index contributed by atoms with van der Waals surface area (Å²) in [5, 5.41) is 10.2. The molecular weight excluding hydrogens is 212 g/mol. The van der Waals surface area contributed by atoms with E-state index in [-0.39, 0.29) is 17.3 Å². The molecule has 1 aliphatic heterocycles. The summed E-state index contributed by atoms with van der Waals surface area (Å²) >= 11 is 0. The lowest BCUT2D eigenvalue weighted by atomic mass is 9.77. The van der Waals surface area contributed by atoms with Gasteiger partial charge in [0, 0.05) is 5.92 Å². The third-order valence-corrected chi connectivity index (χ3v) is 6.13. The van der Waals surface area contributed by atoms with E-state index in [0.29, 0.717) is 23.7 Å². The van der Waals surface area contributed by atoms with Gasteiger partial charge >= 0.3 is 0 Å². The lowest BCUT2D eigenvalue weighted by molar-refractivity contribution is -0.149. The highest BCUT2D eigenvalue weighted by Crippen LogP contribution is 2.61. The maximum Gasteiger partial charge on any atom is 0.0775 e. The SMILES string of the molecule is CC1CCC2CC3(OC2(C)C)C(C)C(O)CC13. The second-order valence-electron chi connectivity index (χ2n) is 7.31. The summed E-state index contributed by atoms with van der Waals surface area (Å²) in [6, 6.07) is 0. The highest BCUT2D eigenvalue weighted by atomic mass is 16.5. The molecule has 2 aliphatic carbocycles. The van der Waals surface area contributed by atoms with E-state index in [1.165, 1.54) is 19.3 Å². The van der Waals surface area contributed by atoms with Gasteiger partial charge in [-0.05, 0) is 57.3 Å². The van der Waals surface area contributed by atoms with Crippen molar-refractivity contribution in [3.63, 3.8) is 0 Å². The van der Waals surface area contributed by atoms with E-state index < -0.39 is 0 Å². The van der Waals surface area contributed by atoms with Crippen LogP contribution < -0.4 is 0 Å². The molecule has 3 fully saturated rings. The topological polar surface area (TPSA) is 29.5 Å². The largest absolute Gasteiger partial charge is 0.393 e. The van der Waals surface area contributed by atoms with Gasteiger partial charge in [0.2, 0.25) is 0 Å². The highest BCUT2D eigenvalue weighted by Gasteiger charge is 2.64. The van der Waals surface area contributed by atoms with E-state index in [1.807, 2.05) is 0 Å². The van der Waals surface area contributed by atoms with Gasteiger partial charge in [-0.1, -0.05) is 13.8 Å². The monoisotopic (exact) mass is 238 g/mol. The lowest BCUT2D eigenvalue weighted by Gasteiger charge is -2.40. The Labute approximate surface area is 105 Å². The molecule has 0 aromatic rings. The van der Waals surface area contributed by atoms with Crippen LogP contribution in [0.1, 0.15) is 53.4 Å². The molecule has 0 amide bonds. The number of ether oxygens (including phenoxy) is 1. The molecule has 1 N–H and O–H groups in total. The molecule has 2 heteroatoms. The van der Waals surface area contributed by atoms with Crippen molar-refractivity contribution in [1.29, 1.82) is 0 Å². The van der Waals surface area contributed by atoms with Gasteiger partial charge in [-0.15, -0.1) is 0 Å². The second-order valence-corrected chi connectivity index (χ2v) is 7.31. The summed E-state index contributed by atoms with van der Waals surface area (Å²) in [5.74, 6) is 2.26. The molecule has 3 rings (SSSR count). The first-order valence-electron chi connectivity index (χ1n) is 7.25. The van der Waals surface area contributed by atoms with Gasteiger partial charge in [0.15, 0.2) is 0 Å². The predicted molar refractivity (Wildman–Crippen MR) is 67.7 cm³/mol. The molecule has 1 saturated heterocycles. The van der Waals surface area contributed by atoms with Gasteiger partial charge in [0.05, 0.1) is 17.3 Å². The summed E-state index contributed by atoms with van der Waals surface area (Å²) in [6.07, 6.45) is 4.58. The third kappa shape index (κ3) is 1.46. The van der Waals surface area contributed by atoms with E-state index in [1.54, 1.807) is 0 Å². The van der Waals surface area contributed by atoms with Gasteiger partial charge in [0.1, 0.15) is 0 Å². The average molecular weight is 238 g/mol. The Kier molecular flexibility index (Phi) is 2.45. The molecule has 98 valence electrons. The van der Waals surface area contributed by atoms with Crippen molar-refractivity contribution < 1.29 is 9.84 Å². The first kappa shape index (κ1) is 12.0. The number of fused-ring (bicyclic) bond motifs is 1. The van der Waals surface area contributed by atoms with Crippen LogP contribution in [0.25, 0.3) is 0 Å². The molecule has 2 saturated carbocycles. The minimum atomic E-state index is -0.157. The van der Waals surface area contributed by atoms with Gasteiger partial charge in [-0.3, -0.25) is 0 Å². The van der Waals surface area contributed by atoms with Crippen molar-refractivity contribution in [3.05, 3.63) is 0 Å². The van der Waals surface area contributed by atoms with Crippen molar-refractivity contribution in [3.8, 4) is 0 Å². The maximum atomic E-state index is 10.2. The minimum absolute atomic E-state index is 0.0106. The second kappa shape index (κ2) is 3.48. The Morgan fingerprint density at radius 2 is 1.88 bits per heavy atom. The summed E-state index contributed by atoms with van der Waals surface area (Å²) in [6.45, 7) is 9.04. The summed E-state index contributed by atoms with van der Waals surface area (Å²) in [4.78, 5) is 0. The predicted octanol–water partition coefficient (Wildman–Crippen LogP) is 2.99. The zero-order chi connectivity index (χ0) is 12.4. The summed E-state index contributed by atoms with van der Waals surface area (Å²) in [7, 11) is 0. The van der Waals surface area contributed by atoms with E-state index in [4.69, 9.17) is 4.74 Å². The standard InChI is InChI=1S/C15H26O2/c1-9-5-6-11-8-15(17-14(11,3)4)10(2)13(16)7-12(9)15/h9-13,16H,5-8H2,1-4H3. The quantitative estimate of drug-likeness (QED) is 0.703. The Morgan fingerprint density at radius 3 is 2.59 bits per heavy atom. The Hall–Kier alpha value is -0.0800. The molecule has 1 spiro atoms. The van der Waals surface area contributed by atoms with Crippen LogP contribution >= 0.6 is 0 Å². The van der Waals surface area contributed by atoms with Crippen molar-refractivity contribution in [1.82, 2.24) is 0 Å². The molecule has 3 aliphatic rings. The maximum absolute atomic E-state index is 10.2. The van der Waals surface area contributed by atoms with E-state index in [2.05, 4.69) is 27.7 Å². The normalized spacial score (nSPS) is 56.6. The third-order valence-electron chi connectivity index (χ3n) is 6.13. The van der Waals surface area contributed by atoms with Crippen LogP contribution in [0.5, 0.6) is 0 Å². The van der Waals surface area contributed by atoms with Crippen LogP contribution in [0.4, 0.5) is 0 Å². The van der Waals surface area contributed by atoms with Crippen molar-refractivity contribution in [2.75, 3.05) is 0 Å². The fraction of sp³-hybridized carbons (Fsp3) is 1.00. The first-order valence-corrected chi connectivity index (χ1v) is 7.25. The Morgan fingerprint density at radius 1 is 1.18 bits per heavy atom. The molecule has 17 heavy (non-hydrogen) atoms. The van der Waals surface area contributed by atoms with Crippen LogP contribution in [-0.2, 0) is 4.74 Å². The molecule has 2 bridgehead atoms. The van der Waals surface area contributed by atoms with E-state index in [0.717, 1.165) is 6.42 Å². The van der Waals surface area contributed by atoms with Crippen LogP contribution in [-0.4, -0.2) is 22.4 Å². The first-order chi connectivity index (χ1) is 7.87. The zero-order valence-corrected chi connectivity index (χ0v) is 11.6. The van der Waals surface area contributed by atoms with Crippen molar-refractivity contribution >= 4 is 0 Å². The molecule has 0 aromatic carbocycles. The van der Waals surface area contributed by atoms with E-state index in [9.17, 15) is 5.11 Å². The average Bonchev–Trinajstić information content (AvgIpc) is 2.58. The molecule has 6 unspecified atom stereocenters. The lowest BCUT2D eigenvalue weighted by Crippen LogP contribution is -2.44. The van der Waals surface area contributed by atoms with Gasteiger partial charge in [-0.2, -0.15) is 0 Å². The molecule has 6 atom stereocenters. The fourth-order valence-corrected chi connectivity index (χ4v) is 4.91. The molecule has 0 radical (unpaired) electrons. The smallest absolute Gasteiger partial charge is 0.0775 e. The summed E-state index contributed by atoms with van der Waals surface area (Å²) < 4.78 is 6.56. The van der Waals surface area contributed by atoms with Crippen molar-refractivity contribution in [2.24, 2.45) is 23.7 Å². The van der Waals surface area contributed by atoms with Gasteiger partial charge < -0.3 is 9.84 Å². The summed E-state index contributed by atoms with van der Waals surface area (Å²) in [5.41, 5.74) is -0.0137. The Bertz CT molecular complexity index is 325. The number of rotatable bonds is 0. The van der Waals surface area contributed by atoms with Gasteiger partial charge in [-0.25, -0.2) is 0 Å². The zero-order valence-electron chi connectivity index (χ0n) is 11.6. The molecule has 1 heterocycles. The fourth-order valence-electron chi connectivity index (χ4n) is 4.91. The number of aliphatic hydroxyl groups is 1. The molecule has 0 aromatic heterocycles. The highest BCUT2D eigenvalue weighted by molar-refractivity contribution is 5.12. The van der Waals surface area contributed by atoms with Crippen LogP contribution in [0, 0.1) is 23.7 Å². The Balaban J connectivity index is 2.02. The molecule has 2 nitrogen and oxygen atoms in total. The number of hydrogen-bond acceptors (Lipinski definition) is 2. The number of aliphatic hydroxyl groups excluding tert-OH is 1. The van der Waals surface area contributed by atoms with Crippen molar-refractivity contribution in [2.45, 2.75) is 70.7 Å². The van der Waals surface area contributed by atoms with Crippen LogP contribution in [0.3, 0.4) is 0 Å². The van der Waals surface area contributed by atoms with E-state index >= 15 is 0 Å². The number of hydrogen-bond donors (Lipinski definition) is 1. The van der Waals surface area contributed by atoms with Crippen LogP contribution in [0.15, 0.2) is 0 Å². The molecular formula is C15H26O2. The van der Waals surface area contributed by atoms with Gasteiger partial charge in [0.25, 0.3) is 0 Å². The van der Waals surface area contributed by atoms with Crippen LogP contribution in [0.2, 0.25) is 0 Å².